The van der Waals surface area contributed by atoms with Gasteiger partial charge in [-0.1, -0.05) is 24.0 Å². The lowest BCUT2D eigenvalue weighted by Gasteiger charge is -2.38. The molecular formula is C33H30F3N7O3. The summed E-state index contributed by atoms with van der Waals surface area (Å²) in [6, 6.07) is 12.4. The minimum Gasteiger partial charge on any atom is -0.369 e. The Morgan fingerprint density at radius 2 is 1.83 bits per heavy atom. The molecule has 2 saturated heterocycles. The van der Waals surface area contributed by atoms with E-state index < -0.39 is 23.2 Å². The molecule has 4 heterocycles. The maximum atomic E-state index is 13.4. The van der Waals surface area contributed by atoms with Crippen molar-refractivity contribution in [2.24, 2.45) is 5.92 Å². The van der Waals surface area contributed by atoms with Gasteiger partial charge in [-0.2, -0.15) is 23.4 Å². The van der Waals surface area contributed by atoms with Crippen LogP contribution in [0.1, 0.15) is 49.3 Å². The van der Waals surface area contributed by atoms with Crippen LogP contribution in [0.2, 0.25) is 0 Å². The minimum absolute atomic E-state index is 0.0794. The predicted molar refractivity (Wildman–Crippen MR) is 163 cm³/mol. The molecule has 2 aliphatic rings. The van der Waals surface area contributed by atoms with Gasteiger partial charge < -0.3 is 10.2 Å². The summed E-state index contributed by atoms with van der Waals surface area (Å²) < 4.78 is 42.9. The maximum Gasteiger partial charge on any atom is 0.416 e. The molecule has 6 rings (SSSR count). The van der Waals surface area contributed by atoms with Gasteiger partial charge >= 0.3 is 6.18 Å². The van der Waals surface area contributed by atoms with Crippen LogP contribution < -0.4 is 15.5 Å². The summed E-state index contributed by atoms with van der Waals surface area (Å²) in [5, 5.41) is 13.5. The molecule has 2 aromatic carbocycles. The van der Waals surface area contributed by atoms with Crippen LogP contribution in [0.3, 0.4) is 0 Å². The van der Waals surface area contributed by atoms with Gasteiger partial charge in [-0.15, -0.1) is 0 Å². The molecule has 0 saturated carbocycles. The number of piperidine rings is 1. The van der Waals surface area contributed by atoms with Crippen molar-refractivity contribution in [3.05, 3.63) is 90.0 Å². The van der Waals surface area contributed by atoms with Gasteiger partial charge in [0, 0.05) is 43.8 Å². The smallest absolute Gasteiger partial charge is 0.369 e. The lowest BCUT2D eigenvalue weighted by molar-refractivity contribution is -0.137. The van der Waals surface area contributed by atoms with Crippen LogP contribution in [0.25, 0.3) is 5.69 Å². The van der Waals surface area contributed by atoms with Gasteiger partial charge in [-0.3, -0.25) is 24.4 Å². The molecule has 236 valence electrons. The first-order chi connectivity index (χ1) is 21.9. The molecule has 4 aromatic rings. The first kappa shape index (κ1) is 30.6. The number of amides is 3. The highest BCUT2D eigenvalue weighted by molar-refractivity contribution is 6.01. The first-order valence-corrected chi connectivity index (χ1v) is 14.7. The van der Waals surface area contributed by atoms with E-state index in [1.165, 1.54) is 27.8 Å². The van der Waals surface area contributed by atoms with Crippen molar-refractivity contribution in [3.8, 4) is 17.5 Å². The normalized spacial score (nSPS) is 17.2. The van der Waals surface area contributed by atoms with E-state index in [0.717, 1.165) is 36.5 Å². The fraction of sp³-hybridized carbons (Fsp3) is 0.303. The van der Waals surface area contributed by atoms with Crippen LogP contribution in [-0.4, -0.2) is 50.4 Å². The van der Waals surface area contributed by atoms with Crippen molar-refractivity contribution in [1.82, 2.24) is 24.9 Å². The van der Waals surface area contributed by atoms with Crippen molar-refractivity contribution < 1.29 is 27.6 Å². The number of carbonyl (C=O) groups excluding carboxylic acids is 3. The minimum atomic E-state index is -4.56. The van der Waals surface area contributed by atoms with Crippen molar-refractivity contribution in [2.75, 3.05) is 23.3 Å². The summed E-state index contributed by atoms with van der Waals surface area (Å²) in [4.78, 5) is 39.2. The quantitative estimate of drug-likeness (QED) is 0.241. The second kappa shape index (κ2) is 11.8. The summed E-state index contributed by atoms with van der Waals surface area (Å²) in [6.07, 6.45) is 2.46. The van der Waals surface area contributed by atoms with E-state index in [1.807, 2.05) is 24.3 Å². The van der Waals surface area contributed by atoms with Crippen molar-refractivity contribution in [1.29, 1.82) is 0 Å². The third-order valence-corrected chi connectivity index (χ3v) is 8.24. The number of halogens is 3. The van der Waals surface area contributed by atoms with Crippen molar-refractivity contribution in [2.45, 2.75) is 44.3 Å². The zero-order chi connectivity index (χ0) is 32.6. The van der Waals surface area contributed by atoms with Crippen molar-refractivity contribution in [3.63, 3.8) is 0 Å². The van der Waals surface area contributed by atoms with Crippen LogP contribution >= 0.6 is 0 Å². The number of benzene rings is 2. The van der Waals surface area contributed by atoms with Gasteiger partial charge in [0.15, 0.2) is 0 Å². The summed E-state index contributed by atoms with van der Waals surface area (Å²) >= 11 is 0. The Balaban J connectivity index is 1.07. The van der Waals surface area contributed by atoms with Crippen LogP contribution in [0.5, 0.6) is 0 Å². The van der Waals surface area contributed by atoms with E-state index in [0.29, 0.717) is 18.4 Å². The highest BCUT2D eigenvalue weighted by Gasteiger charge is 2.34. The topological polar surface area (TPSA) is 114 Å². The molecule has 0 spiro atoms. The van der Waals surface area contributed by atoms with Gasteiger partial charge in [0.1, 0.15) is 5.54 Å². The molecule has 0 aliphatic carbocycles. The average Bonchev–Trinajstić information content (AvgIpc) is 3.70. The average molecular weight is 630 g/mol. The lowest BCUT2D eigenvalue weighted by Crippen LogP contribution is -2.46. The number of alkyl halides is 3. The SMILES string of the molecule is CC(C)(C(=O)Nc1ccc(C(F)(F)F)cc1-n1cccn1)n1cc(C#CC2CN(c3ccc(C4CCC(=O)NC4=O)cc3)C2)cn1. The summed E-state index contributed by atoms with van der Waals surface area (Å²) in [5.74, 6) is 5.22. The Morgan fingerprint density at radius 1 is 1.07 bits per heavy atom. The summed E-state index contributed by atoms with van der Waals surface area (Å²) in [5.41, 5.74) is 0.729. The molecule has 2 fully saturated rings. The van der Waals surface area contributed by atoms with Crippen LogP contribution in [0.4, 0.5) is 24.5 Å². The highest BCUT2D eigenvalue weighted by Crippen LogP contribution is 2.34. The number of aromatic nitrogens is 4. The Hall–Kier alpha value is -5.38. The number of anilines is 2. The molecule has 2 N–H and O–H groups in total. The molecule has 13 heteroatoms. The lowest BCUT2D eigenvalue weighted by atomic mass is 9.90. The largest absolute Gasteiger partial charge is 0.416 e. The Morgan fingerprint density at radius 3 is 2.50 bits per heavy atom. The number of imide groups is 1. The maximum absolute atomic E-state index is 13.4. The molecule has 0 bridgehead atoms. The van der Waals surface area contributed by atoms with E-state index in [-0.39, 0.29) is 35.0 Å². The number of rotatable bonds is 6. The summed E-state index contributed by atoms with van der Waals surface area (Å²) in [6.45, 7) is 4.77. The van der Waals surface area contributed by atoms with E-state index in [9.17, 15) is 27.6 Å². The molecule has 2 aromatic heterocycles. The zero-order valence-corrected chi connectivity index (χ0v) is 25.0. The molecule has 2 aliphatic heterocycles. The van der Waals surface area contributed by atoms with E-state index in [2.05, 4.69) is 37.6 Å². The van der Waals surface area contributed by atoms with Gasteiger partial charge in [0.2, 0.25) is 11.8 Å². The van der Waals surface area contributed by atoms with Crippen LogP contribution in [-0.2, 0) is 26.1 Å². The first-order valence-electron chi connectivity index (χ1n) is 14.7. The third kappa shape index (κ3) is 6.24. The molecule has 46 heavy (non-hydrogen) atoms. The Bertz CT molecular complexity index is 1850. The van der Waals surface area contributed by atoms with Gasteiger partial charge in [-0.05, 0) is 62.2 Å². The van der Waals surface area contributed by atoms with E-state index >= 15 is 0 Å². The molecule has 3 amide bonds. The fourth-order valence-corrected chi connectivity index (χ4v) is 5.38. The number of hydrogen-bond acceptors (Lipinski definition) is 6. The zero-order valence-electron chi connectivity index (χ0n) is 25.0. The molecule has 0 radical (unpaired) electrons. The van der Waals surface area contributed by atoms with Crippen LogP contribution in [0.15, 0.2) is 73.3 Å². The standard InChI is InChI=1S/C33H30F3N7O3/c1-32(2,31(46)39-27-12-8-24(33(34,35)36)16-28(27)42-15-3-14-37-42)43-20-21(17-38-43)4-5-22-18-41(19-22)25-9-6-23(7-10-25)26-11-13-29(44)40-30(26)45/h3,6-10,12,14-17,20,22,26H,11,13,18-19H2,1-2H3,(H,39,46)(H,40,44,45). The number of nitrogens with zero attached hydrogens (tertiary/aromatic N) is 5. The number of hydrogen-bond donors (Lipinski definition) is 2. The second-order valence-electron chi connectivity index (χ2n) is 11.8. The van der Waals surface area contributed by atoms with E-state index in [4.69, 9.17) is 0 Å². The Labute approximate surface area is 262 Å². The fourth-order valence-electron chi connectivity index (χ4n) is 5.38. The summed E-state index contributed by atoms with van der Waals surface area (Å²) in [7, 11) is 0. The second-order valence-corrected chi connectivity index (χ2v) is 11.8. The molecule has 1 unspecified atom stereocenters. The third-order valence-electron chi connectivity index (χ3n) is 8.24. The highest BCUT2D eigenvalue weighted by atomic mass is 19.4. The molecular weight excluding hydrogens is 599 g/mol. The molecule has 1 atom stereocenters. The monoisotopic (exact) mass is 629 g/mol. The number of nitrogens with one attached hydrogen (secondary N) is 2. The Kier molecular flexibility index (Phi) is 7.89. The van der Waals surface area contributed by atoms with Gasteiger partial charge in [0.05, 0.1) is 40.5 Å². The van der Waals surface area contributed by atoms with E-state index in [1.54, 1.807) is 32.3 Å². The predicted octanol–water partition coefficient (Wildman–Crippen LogP) is 4.47. The number of carbonyl (C=O) groups is 3. The van der Waals surface area contributed by atoms with Crippen molar-refractivity contribution >= 4 is 29.1 Å². The van der Waals surface area contributed by atoms with Gasteiger partial charge in [0.25, 0.3) is 5.91 Å². The van der Waals surface area contributed by atoms with Gasteiger partial charge in [-0.25, -0.2) is 4.68 Å². The van der Waals surface area contributed by atoms with Crippen LogP contribution in [0, 0.1) is 17.8 Å². The molecule has 10 nitrogen and oxygen atoms in total.